The molecule has 64 valence electrons. The Bertz CT molecular complexity index is 249. The SMILES string of the molecule is [B]N(Cc1noc(C)n1)C(C)C. The number of rotatable bonds is 3. The Balaban J connectivity index is 2.52. The van der Waals surface area contributed by atoms with E-state index in [9.17, 15) is 0 Å². The Morgan fingerprint density at radius 2 is 2.25 bits per heavy atom. The molecule has 0 aliphatic heterocycles. The highest BCUT2D eigenvalue weighted by Crippen LogP contribution is 2.01. The second kappa shape index (κ2) is 3.71. The Hall–Kier alpha value is -0.835. The molecule has 4 nitrogen and oxygen atoms in total. The number of aromatic nitrogens is 2. The predicted molar refractivity (Wildman–Crippen MR) is 45.5 cm³/mol. The van der Waals surface area contributed by atoms with Crippen molar-refractivity contribution in [3.8, 4) is 0 Å². The lowest BCUT2D eigenvalue weighted by Gasteiger charge is -2.19. The molecular formula is C7H12BN3O. The molecule has 0 fully saturated rings. The fourth-order valence-electron chi connectivity index (χ4n) is 0.751. The van der Waals surface area contributed by atoms with Crippen molar-refractivity contribution in [1.82, 2.24) is 15.0 Å². The van der Waals surface area contributed by atoms with Crippen molar-refractivity contribution in [3.05, 3.63) is 11.7 Å². The van der Waals surface area contributed by atoms with Crippen LogP contribution in [-0.4, -0.2) is 29.0 Å². The lowest BCUT2D eigenvalue weighted by Crippen LogP contribution is -2.27. The first-order valence-electron chi connectivity index (χ1n) is 3.90. The molecule has 0 atom stereocenters. The average molecular weight is 165 g/mol. The van der Waals surface area contributed by atoms with E-state index < -0.39 is 0 Å². The summed E-state index contributed by atoms with van der Waals surface area (Å²) < 4.78 is 4.80. The predicted octanol–water partition coefficient (Wildman–Crippen LogP) is 0.672. The summed E-state index contributed by atoms with van der Waals surface area (Å²) in [6, 6.07) is 0.281. The van der Waals surface area contributed by atoms with E-state index in [-0.39, 0.29) is 6.04 Å². The van der Waals surface area contributed by atoms with Crippen molar-refractivity contribution in [2.45, 2.75) is 33.4 Å². The lowest BCUT2D eigenvalue weighted by molar-refractivity contribution is 0.344. The molecule has 0 saturated heterocycles. The quantitative estimate of drug-likeness (QED) is 0.617. The first-order chi connectivity index (χ1) is 5.59. The second-order valence-electron chi connectivity index (χ2n) is 3.00. The van der Waals surface area contributed by atoms with Gasteiger partial charge in [-0.25, -0.2) is 0 Å². The van der Waals surface area contributed by atoms with E-state index in [1.54, 1.807) is 11.7 Å². The fraction of sp³-hybridized carbons (Fsp3) is 0.714. The third-order valence-electron chi connectivity index (χ3n) is 1.56. The van der Waals surface area contributed by atoms with Gasteiger partial charge in [-0.3, -0.25) is 0 Å². The summed E-state index contributed by atoms with van der Waals surface area (Å²) in [4.78, 5) is 5.69. The molecule has 0 saturated carbocycles. The molecule has 0 bridgehead atoms. The van der Waals surface area contributed by atoms with Crippen molar-refractivity contribution in [1.29, 1.82) is 0 Å². The zero-order chi connectivity index (χ0) is 9.14. The molecule has 0 aliphatic carbocycles. The summed E-state index contributed by atoms with van der Waals surface area (Å²) >= 11 is 0. The molecule has 0 aliphatic rings. The van der Waals surface area contributed by atoms with Gasteiger partial charge in [-0.2, -0.15) is 4.98 Å². The van der Waals surface area contributed by atoms with Gasteiger partial charge in [0.15, 0.2) is 13.8 Å². The van der Waals surface area contributed by atoms with E-state index in [2.05, 4.69) is 10.1 Å². The number of hydrogen-bond acceptors (Lipinski definition) is 4. The molecule has 5 heteroatoms. The van der Waals surface area contributed by atoms with E-state index in [0.717, 1.165) is 0 Å². The van der Waals surface area contributed by atoms with Crippen molar-refractivity contribution < 1.29 is 4.52 Å². The number of aryl methyl sites for hydroxylation is 1. The fourth-order valence-corrected chi connectivity index (χ4v) is 0.751. The molecule has 1 aromatic heterocycles. The maximum atomic E-state index is 5.67. The van der Waals surface area contributed by atoms with Crippen molar-refractivity contribution >= 4 is 7.98 Å². The minimum absolute atomic E-state index is 0.281. The molecule has 0 spiro atoms. The van der Waals surface area contributed by atoms with Gasteiger partial charge in [-0.15, -0.1) is 0 Å². The monoisotopic (exact) mass is 165 g/mol. The Morgan fingerprint density at radius 1 is 1.58 bits per heavy atom. The standard InChI is InChI=1S/C7H12BN3O/c1-5(2)11(8)4-7-9-6(3)12-10-7/h5H,4H2,1-3H3. The summed E-state index contributed by atoms with van der Waals surface area (Å²) in [6.45, 7) is 6.29. The molecule has 1 heterocycles. The summed E-state index contributed by atoms with van der Waals surface area (Å²) in [5, 5.41) is 3.73. The van der Waals surface area contributed by atoms with Crippen LogP contribution in [0.25, 0.3) is 0 Å². The maximum Gasteiger partial charge on any atom is 0.223 e. The second-order valence-corrected chi connectivity index (χ2v) is 3.00. The van der Waals surface area contributed by atoms with Gasteiger partial charge in [0.05, 0.1) is 6.54 Å². The Kier molecular flexibility index (Phi) is 2.86. The zero-order valence-corrected chi connectivity index (χ0v) is 7.61. The van der Waals surface area contributed by atoms with Crippen LogP contribution < -0.4 is 0 Å². The molecule has 1 rings (SSSR count). The van der Waals surface area contributed by atoms with Crippen LogP contribution in [0.4, 0.5) is 0 Å². The summed E-state index contributed by atoms with van der Waals surface area (Å²) in [5.74, 6) is 1.20. The molecule has 1 aromatic rings. The topological polar surface area (TPSA) is 42.2 Å². The summed E-state index contributed by atoms with van der Waals surface area (Å²) in [5.41, 5.74) is 0. The average Bonchev–Trinajstić information content (AvgIpc) is 2.35. The van der Waals surface area contributed by atoms with Gasteiger partial charge < -0.3 is 9.33 Å². The minimum Gasteiger partial charge on any atom is -0.345 e. The van der Waals surface area contributed by atoms with Gasteiger partial charge in [0, 0.05) is 6.92 Å². The molecule has 0 unspecified atom stereocenters. The lowest BCUT2D eigenvalue weighted by atomic mass is 10.2. The highest BCUT2D eigenvalue weighted by Gasteiger charge is 2.07. The van der Waals surface area contributed by atoms with Crippen LogP contribution in [0.5, 0.6) is 0 Å². The molecule has 12 heavy (non-hydrogen) atoms. The smallest absolute Gasteiger partial charge is 0.223 e. The van der Waals surface area contributed by atoms with E-state index in [4.69, 9.17) is 12.5 Å². The van der Waals surface area contributed by atoms with Crippen LogP contribution in [0.1, 0.15) is 25.6 Å². The molecule has 0 N–H and O–H groups in total. The minimum atomic E-state index is 0.281. The molecule has 0 amide bonds. The largest absolute Gasteiger partial charge is 0.345 e. The highest BCUT2D eigenvalue weighted by atomic mass is 16.5. The Morgan fingerprint density at radius 3 is 2.67 bits per heavy atom. The Labute approximate surface area is 73.4 Å². The van der Waals surface area contributed by atoms with Gasteiger partial charge >= 0.3 is 0 Å². The summed E-state index contributed by atoms with van der Waals surface area (Å²) in [7, 11) is 5.67. The third-order valence-corrected chi connectivity index (χ3v) is 1.56. The van der Waals surface area contributed by atoms with Gasteiger partial charge in [-0.1, -0.05) is 19.0 Å². The third kappa shape index (κ3) is 2.34. The van der Waals surface area contributed by atoms with Crippen LogP contribution in [0, 0.1) is 6.92 Å². The normalized spacial score (nSPS) is 11.4. The first-order valence-corrected chi connectivity index (χ1v) is 3.90. The first kappa shape index (κ1) is 9.25. The van der Waals surface area contributed by atoms with E-state index >= 15 is 0 Å². The molecule has 0 aromatic carbocycles. The van der Waals surface area contributed by atoms with Gasteiger partial charge in [0.1, 0.15) is 0 Å². The maximum absolute atomic E-state index is 5.67. The van der Waals surface area contributed by atoms with E-state index in [1.807, 2.05) is 13.8 Å². The highest BCUT2D eigenvalue weighted by molar-refractivity contribution is 6.04. The van der Waals surface area contributed by atoms with E-state index in [1.165, 1.54) is 0 Å². The van der Waals surface area contributed by atoms with Crippen molar-refractivity contribution in [2.24, 2.45) is 0 Å². The van der Waals surface area contributed by atoms with Crippen LogP contribution in [0.3, 0.4) is 0 Å². The van der Waals surface area contributed by atoms with Crippen molar-refractivity contribution in [2.75, 3.05) is 0 Å². The van der Waals surface area contributed by atoms with Gasteiger partial charge in [0.2, 0.25) is 5.89 Å². The molecular weight excluding hydrogens is 153 g/mol. The zero-order valence-electron chi connectivity index (χ0n) is 7.61. The van der Waals surface area contributed by atoms with Gasteiger partial charge in [0.25, 0.3) is 0 Å². The van der Waals surface area contributed by atoms with E-state index in [0.29, 0.717) is 18.3 Å². The van der Waals surface area contributed by atoms with Crippen LogP contribution in [0.2, 0.25) is 0 Å². The number of hydrogen-bond donors (Lipinski definition) is 0. The number of nitrogens with zero attached hydrogens (tertiary/aromatic N) is 3. The van der Waals surface area contributed by atoms with Crippen LogP contribution >= 0.6 is 0 Å². The van der Waals surface area contributed by atoms with Gasteiger partial charge in [-0.05, 0) is 6.04 Å². The van der Waals surface area contributed by atoms with Crippen molar-refractivity contribution in [3.63, 3.8) is 0 Å². The van der Waals surface area contributed by atoms with Crippen LogP contribution in [0.15, 0.2) is 4.52 Å². The summed E-state index contributed by atoms with van der Waals surface area (Å²) in [6.07, 6.45) is 0. The molecule has 2 radical (unpaired) electrons. The van der Waals surface area contributed by atoms with Crippen LogP contribution in [-0.2, 0) is 6.54 Å².